The van der Waals surface area contributed by atoms with Crippen molar-refractivity contribution in [3.8, 4) is 6.07 Å². The number of halogens is 1. The lowest BCUT2D eigenvalue weighted by atomic mass is 10.1. The summed E-state index contributed by atoms with van der Waals surface area (Å²) in [5, 5.41) is 15.5. The Hall–Kier alpha value is -1.05. The maximum Gasteiger partial charge on any atom is 0.100 e. The van der Waals surface area contributed by atoms with E-state index in [0.29, 0.717) is 5.56 Å². The van der Waals surface area contributed by atoms with Gasteiger partial charge in [-0.1, -0.05) is 0 Å². The topological polar surface area (TPSA) is 47.9 Å². The molecule has 1 aliphatic rings. The maximum atomic E-state index is 8.80. The molecular formula is C12H14BrN3. The summed E-state index contributed by atoms with van der Waals surface area (Å²) in [5.74, 6) is 0.717. The van der Waals surface area contributed by atoms with E-state index in [1.165, 1.54) is 6.42 Å². The molecule has 4 heteroatoms. The Kier molecular flexibility index (Phi) is 3.81. The molecular weight excluding hydrogens is 266 g/mol. The molecule has 1 saturated heterocycles. The summed E-state index contributed by atoms with van der Waals surface area (Å²) >= 11 is 3.39. The lowest BCUT2D eigenvalue weighted by molar-refractivity contribution is 0.615. The lowest BCUT2D eigenvalue weighted by Gasteiger charge is -2.11. The predicted octanol–water partition coefficient (Wildman–Crippen LogP) is 2.34. The van der Waals surface area contributed by atoms with Crippen LogP contribution in [-0.4, -0.2) is 19.6 Å². The molecule has 0 spiro atoms. The standard InChI is InChI=1S/C12H14BrN3/c13-12-5-11(2-1-10(12)6-14)16-8-9-3-4-15-7-9/h1-2,5,9,15-16H,3-4,7-8H2. The van der Waals surface area contributed by atoms with Crippen LogP contribution in [0.5, 0.6) is 0 Å². The van der Waals surface area contributed by atoms with Crippen LogP contribution >= 0.6 is 15.9 Å². The summed E-state index contributed by atoms with van der Waals surface area (Å²) in [5.41, 5.74) is 1.74. The van der Waals surface area contributed by atoms with Crippen LogP contribution in [0.15, 0.2) is 22.7 Å². The van der Waals surface area contributed by atoms with Crippen LogP contribution in [0.2, 0.25) is 0 Å². The van der Waals surface area contributed by atoms with E-state index in [0.717, 1.165) is 35.7 Å². The molecule has 1 fully saturated rings. The number of rotatable bonds is 3. The van der Waals surface area contributed by atoms with Crippen molar-refractivity contribution in [1.29, 1.82) is 5.26 Å². The minimum absolute atomic E-state index is 0.674. The lowest BCUT2D eigenvalue weighted by Crippen LogP contribution is -2.17. The van der Waals surface area contributed by atoms with Gasteiger partial charge in [0.15, 0.2) is 0 Å². The summed E-state index contributed by atoms with van der Waals surface area (Å²) < 4.78 is 0.851. The Morgan fingerprint density at radius 2 is 2.44 bits per heavy atom. The third-order valence-electron chi connectivity index (χ3n) is 2.85. The molecule has 1 unspecified atom stereocenters. The van der Waals surface area contributed by atoms with Crippen LogP contribution in [-0.2, 0) is 0 Å². The second-order valence-corrected chi connectivity index (χ2v) is 4.90. The van der Waals surface area contributed by atoms with Crippen molar-refractivity contribution in [2.24, 2.45) is 5.92 Å². The molecule has 0 bridgehead atoms. The highest BCUT2D eigenvalue weighted by atomic mass is 79.9. The second-order valence-electron chi connectivity index (χ2n) is 4.05. The molecule has 2 rings (SSSR count). The van der Waals surface area contributed by atoms with Crippen molar-refractivity contribution in [1.82, 2.24) is 5.32 Å². The van der Waals surface area contributed by atoms with Crippen molar-refractivity contribution in [3.63, 3.8) is 0 Å². The zero-order valence-corrected chi connectivity index (χ0v) is 10.5. The van der Waals surface area contributed by atoms with Crippen LogP contribution in [0.25, 0.3) is 0 Å². The molecule has 0 amide bonds. The Labute approximate surface area is 104 Å². The summed E-state index contributed by atoms with van der Waals surface area (Å²) in [6, 6.07) is 7.88. The fourth-order valence-electron chi connectivity index (χ4n) is 1.87. The first-order valence-corrected chi connectivity index (χ1v) is 6.23. The first-order chi connectivity index (χ1) is 7.79. The van der Waals surface area contributed by atoms with E-state index in [9.17, 15) is 0 Å². The molecule has 84 valence electrons. The fraction of sp³-hybridized carbons (Fsp3) is 0.417. The van der Waals surface area contributed by atoms with Crippen LogP contribution in [0, 0.1) is 17.2 Å². The van der Waals surface area contributed by atoms with E-state index in [2.05, 4.69) is 32.6 Å². The van der Waals surface area contributed by atoms with Gasteiger partial charge >= 0.3 is 0 Å². The molecule has 2 N–H and O–H groups in total. The predicted molar refractivity (Wildman–Crippen MR) is 68.3 cm³/mol. The molecule has 1 aliphatic heterocycles. The Bertz CT molecular complexity index is 405. The smallest absolute Gasteiger partial charge is 0.100 e. The molecule has 16 heavy (non-hydrogen) atoms. The molecule has 3 nitrogen and oxygen atoms in total. The van der Waals surface area contributed by atoms with Crippen molar-refractivity contribution in [3.05, 3.63) is 28.2 Å². The van der Waals surface area contributed by atoms with Gasteiger partial charge in [0.1, 0.15) is 6.07 Å². The van der Waals surface area contributed by atoms with Gasteiger partial charge in [0, 0.05) is 16.7 Å². The first kappa shape index (κ1) is 11.4. The first-order valence-electron chi connectivity index (χ1n) is 5.44. The number of anilines is 1. The molecule has 0 radical (unpaired) electrons. The number of hydrogen-bond donors (Lipinski definition) is 2. The van der Waals surface area contributed by atoms with Gasteiger partial charge in [-0.05, 0) is 59.6 Å². The van der Waals surface area contributed by atoms with Gasteiger partial charge in [0.05, 0.1) is 5.56 Å². The van der Waals surface area contributed by atoms with Crippen LogP contribution in [0.4, 0.5) is 5.69 Å². The number of nitrogens with one attached hydrogen (secondary N) is 2. The van der Waals surface area contributed by atoms with E-state index in [4.69, 9.17) is 5.26 Å². The third-order valence-corrected chi connectivity index (χ3v) is 3.50. The largest absolute Gasteiger partial charge is 0.385 e. The third kappa shape index (κ3) is 2.75. The van der Waals surface area contributed by atoms with Crippen molar-refractivity contribution in [2.45, 2.75) is 6.42 Å². The zero-order valence-electron chi connectivity index (χ0n) is 8.96. The maximum absolute atomic E-state index is 8.80. The van der Waals surface area contributed by atoms with Gasteiger partial charge in [-0.15, -0.1) is 0 Å². The van der Waals surface area contributed by atoms with Crippen LogP contribution < -0.4 is 10.6 Å². The zero-order chi connectivity index (χ0) is 11.4. The van der Waals surface area contributed by atoms with Crippen molar-refractivity contribution in [2.75, 3.05) is 25.0 Å². The second kappa shape index (κ2) is 5.33. The Balaban J connectivity index is 1.94. The van der Waals surface area contributed by atoms with E-state index in [-0.39, 0.29) is 0 Å². The van der Waals surface area contributed by atoms with Gasteiger partial charge < -0.3 is 10.6 Å². The fourth-order valence-corrected chi connectivity index (χ4v) is 2.33. The molecule has 0 saturated carbocycles. The monoisotopic (exact) mass is 279 g/mol. The molecule has 0 aromatic heterocycles. The van der Waals surface area contributed by atoms with E-state index in [1.54, 1.807) is 0 Å². The van der Waals surface area contributed by atoms with Crippen molar-refractivity contribution < 1.29 is 0 Å². The van der Waals surface area contributed by atoms with E-state index >= 15 is 0 Å². The molecule has 1 atom stereocenters. The number of benzene rings is 1. The van der Waals surface area contributed by atoms with Gasteiger partial charge in [-0.25, -0.2) is 0 Å². The van der Waals surface area contributed by atoms with Gasteiger partial charge in [-0.2, -0.15) is 5.26 Å². The number of nitriles is 1. The highest BCUT2D eigenvalue weighted by molar-refractivity contribution is 9.10. The average molecular weight is 280 g/mol. The highest BCUT2D eigenvalue weighted by Gasteiger charge is 2.13. The van der Waals surface area contributed by atoms with Gasteiger partial charge in [0.2, 0.25) is 0 Å². The number of hydrogen-bond acceptors (Lipinski definition) is 3. The molecule has 1 aromatic carbocycles. The SMILES string of the molecule is N#Cc1ccc(NCC2CCNC2)cc1Br. The van der Waals surface area contributed by atoms with E-state index in [1.807, 2.05) is 18.2 Å². The van der Waals surface area contributed by atoms with Crippen molar-refractivity contribution >= 4 is 21.6 Å². The Morgan fingerprint density at radius 1 is 1.56 bits per heavy atom. The highest BCUT2D eigenvalue weighted by Crippen LogP contribution is 2.21. The van der Waals surface area contributed by atoms with Crippen LogP contribution in [0.3, 0.4) is 0 Å². The quantitative estimate of drug-likeness (QED) is 0.893. The molecule has 1 heterocycles. The summed E-state index contributed by atoms with van der Waals surface area (Å²) in [7, 11) is 0. The normalized spacial score (nSPS) is 19.4. The Morgan fingerprint density at radius 3 is 3.06 bits per heavy atom. The average Bonchev–Trinajstić information content (AvgIpc) is 2.79. The van der Waals surface area contributed by atoms with E-state index < -0.39 is 0 Å². The summed E-state index contributed by atoms with van der Waals surface area (Å²) in [6.07, 6.45) is 1.24. The number of nitrogens with zero attached hydrogens (tertiary/aromatic N) is 1. The van der Waals surface area contributed by atoms with Crippen LogP contribution in [0.1, 0.15) is 12.0 Å². The summed E-state index contributed by atoms with van der Waals surface area (Å²) in [4.78, 5) is 0. The summed E-state index contributed by atoms with van der Waals surface area (Å²) in [6.45, 7) is 3.22. The minimum Gasteiger partial charge on any atom is -0.385 e. The van der Waals surface area contributed by atoms with Gasteiger partial charge in [0.25, 0.3) is 0 Å². The molecule has 0 aliphatic carbocycles. The minimum atomic E-state index is 0.674. The molecule has 1 aromatic rings. The van der Waals surface area contributed by atoms with Gasteiger partial charge in [-0.3, -0.25) is 0 Å².